The van der Waals surface area contributed by atoms with Gasteiger partial charge in [-0.05, 0) is 25.8 Å². The summed E-state index contributed by atoms with van der Waals surface area (Å²) in [4.78, 5) is 24.0. The first-order valence-electron chi connectivity index (χ1n) is 7.78. The first-order chi connectivity index (χ1) is 11.2. The van der Waals surface area contributed by atoms with E-state index in [1.54, 1.807) is 13.8 Å². The fourth-order valence-electron chi connectivity index (χ4n) is 2.63. The number of hydrogen-bond acceptors (Lipinski definition) is 4. The highest BCUT2D eigenvalue weighted by molar-refractivity contribution is 5.74. The minimum Gasteiger partial charge on any atom is -0.449 e. The summed E-state index contributed by atoms with van der Waals surface area (Å²) in [6.45, 7) is 3.89. The second-order valence-electron chi connectivity index (χ2n) is 5.07. The highest BCUT2D eigenvalue weighted by Gasteiger charge is 2.35. The number of carbonyl (C=O) groups is 2. The van der Waals surface area contributed by atoms with Crippen LogP contribution in [-0.4, -0.2) is 36.5 Å². The lowest BCUT2D eigenvalue weighted by Gasteiger charge is -2.31. The van der Waals surface area contributed by atoms with Crippen LogP contribution in [0.15, 0.2) is 42.5 Å². The predicted octanol–water partition coefficient (Wildman–Crippen LogP) is 3.22. The molecule has 1 aromatic rings. The highest BCUT2D eigenvalue weighted by atomic mass is 16.6. The maximum Gasteiger partial charge on any atom is 0.429 e. The van der Waals surface area contributed by atoms with Gasteiger partial charge in [0.1, 0.15) is 0 Å². The van der Waals surface area contributed by atoms with Gasteiger partial charge >= 0.3 is 12.2 Å². The highest BCUT2D eigenvalue weighted by Crippen LogP contribution is 2.32. The van der Waals surface area contributed by atoms with E-state index in [-0.39, 0.29) is 25.2 Å². The number of benzene rings is 1. The molecule has 0 aromatic heterocycles. The predicted molar refractivity (Wildman–Crippen MR) is 85.7 cm³/mol. The van der Waals surface area contributed by atoms with Gasteiger partial charge in [0.15, 0.2) is 0 Å². The Kier molecular flexibility index (Phi) is 6.02. The second-order valence-corrected chi connectivity index (χ2v) is 5.07. The number of amides is 2. The number of hydrazine groups is 1. The normalized spacial score (nSPS) is 19.2. The largest absolute Gasteiger partial charge is 0.449 e. The summed E-state index contributed by atoms with van der Waals surface area (Å²) in [6.07, 6.45) is 3.42. The molecule has 1 aliphatic carbocycles. The maximum atomic E-state index is 12.3. The Balaban J connectivity index is 2.19. The molecule has 1 aromatic carbocycles. The molecule has 23 heavy (non-hydrogen) atoms. The third kappa shape index (κ3) is 4.25. The molecule has 0 heterocycles. The van der Waals surface area contributed by atoms with Crippen molar-refractivity contribution < 1.29 is 19.1 Å². The van der Waals surface area contributed by atoms with Crippen LogP contribution in [0.1, 0.15) is 31.7 Å². The zero-order chi connectivity index (χ0) is 16.7. The van der Waals surface area contributed by atoms with Gasteiger partial charge in [-0.1, -0.05) is 42.5 Å². The van der Waals surface area contributed by atoms with Gasteiger partial charge in [0.2, 0.25) is 0 Å². The van der Waals surface area contributed by atoms with Crippen molar-refractivity contribution in [3.63, 3.8) is 0 Å². The molecule has 0 aliphatic heterocycles. The molecular formula is C17H22N2O4. The summed E-state index contributed by atoms with van der Waals surface area (Å²) in [5.41, 5.74) is 3.58. The maximum absolute atomic E-state index is 12.3. The molecule has 0 fully saturated rings. The lowest BCUT2D eigenvalue weighted by atomic mass is 9.94. The summed E-state index contributed by atoms with van der Waals surface area (Å²) in [5.74, 6) is -0.0115. The first kappa shape index (κ1) is 16.9. The van der Waals surface area contributed by atoms with E-state index in [4.69, 9.17) is 9.47 Å². The van der Waals surface area contributed by atoms with Crippen molar-refractivity contribution in [2.45, 2.75) is 32.2 Å². The van der Waals surface area contributed by atoms with Gasteiger partial charge < -0.3 is 9.47 Å². The van der Waals surface area contributed by atoms with Crippen LogP contribution in [0.4, 0.5) is 9.59 Å². The molecule has 0 bridgehead atoms. The van der Waals surface area contributed by atoms with Crippen LogP contribution in [0.3, 0.4) is 0 Å². The Morgan fingerprint density at radius 1 is 1.17 bits per heavy atom. The van der Waals surface area contributed by atoms with Gasteiger partial charge in [-0.3, -0.25) is 0 Å². The lowest BCUT2D eigenvalue weighted by molar-refractivity contribution is 0.0541. The molecule has 2 atom stereocenters. The van der Waals surface area contributed by atoms with Gasteiger partial charge in [-0.25, -0.2) is 20.0 Å². The molecule has 2 amide bonds. The van der Waals surface area contributed by atoms with Crippen molar-refractivity contribution in [3.8, 4) is 0 Å². The van der Waals surface area contributed by atoms with Crippen LogP contribution in [0.5, 0.6) is 0 Å². The molecule has 0 unspecified atom stereocenters. The molecule has 6 heteroatoms. The van der Waals surface area contributed by atoms with Gasteiger partial charge in [0, 0.05) is 5.92 Å². The summed E-state index contributed by atoms with van der Waals surface area (Å²) in [7, 11) is 0. The minimum absolute atomic E-state index is 0.0115. The van der Waals surface area contributed by atoms with Gasteiger partial charge in [-0.15, -0.1) is 0 Å². The Bertz CT molecular complexity index is 559. The van der Waals surface area contributed by atoms with E-state index in [1.807, 2.05) is 42.5 Å². The second kappa shape index (κ2) is 8.22. The van der Waals surface area contributed by atoms with Gasteiger partial charge in [0.25, 0.3) is 0 Å². The summed E-state index contributed by atoms with van der Waals surface area (Å²) >= 11 is 0. The standard InChI is InChI=1S/C17H22N2O4/c1-3-22-16(20)18-19(17(21)23-4-2)15-12-8-11-14(15)13-9-6-5-7-10-13/h5-11,14-15H,3-4,12H2,1-2H3,(H,18,20)/t14-,15+/m0/s1. The number of nitrogens with zero attached hydrogens (tertiary/aromatic N) is 1. The third-order valence-corrected chi connectivity index (χ3v) is 3.60. The van der Waals surface area contributed by atoms with E-state index in [0.29, 0.717) is 6.42 Å². The Morgan fingerprint density at radius 2 is 1.87 bits per heavy atom. The van der Waals surface area contributed by atoms with Gasteiger partial charge in [-0.2, -0.15) is 0 Å². The van der Waals surface area contributed by atoms with Crippen LogP contribution < -0.4 is 5.43 Å². The molecular weight excluding hydrogens is 296 g/mol. The molecule has 1 N–H and O–H groups in total. The van der Waals surface area contributed by atoms with Crippen LogP contribution in [0.2, 0.25) is 0 Å². The van der Waals surface area contributed by atoms with Crippen molar-refractivity contribution in [3.05, 3.63) is 48.0 Å². The lowest BCUT2D eigenvalue weighted by Crippen LogP contribution is -2.53. The topological polar surface area (TPSA) is 67.9 Å². The number of hydrogen-bond donors (Lipinski definition) is 1. The van der Waals surface area contributed by atoms with Crippen LogP contribution in [-0.2, 0) is 9.47 Å². The van der Waals surface area contributed by atoms with Crippen molar-refractivity contribution in [2.75, 3.05) is 13.2 Å². The van der Waals surface area contributed by atoms with Gasteiger partial charge in [0.05, 0.1) is 19.3 Å². The van der Waals surface area contributed by atoms with E-state index in [0.717, 1.165) is 5.56 Å². The fraction of sp³-hybridized carbons (Fsp3) is 0.412. The summed E-state index contributed by atoms with van der Waals surface area (Å²) in [6, 6.07) is 9.60. The molecule has 2 rings (SSSR count). The van der Waals surface area contributed by atoms with Crippen molar-refractivity contribution in [1.29, 1.82) is 0 Å². The Labute approximate surface area is 136 Å². The summed E-state index contributed by atoms with van der Waals surface area (Å²) < 4.78 is 9.95. The van der Waals surface area contributed by atoms with Crippen molar-refractivity contribution in [1.82, 2.24) is 10.4 Å². The quantitative estimate of drug-likeness (QED) is 0.683. The van der Waals surface area contributed by atoms with E-state index in [9.17, 15) is 9.59 Å². The van der Waals surface area contributed by atoms with E-state index in [1.165, 1.54) is 5.01 Å². The molecule has 0 saturated carbocycles. The van der Waals surface area contributed by atoms with Crippen molar-refractivity contribution >= 4 is 12.2 Å². The Morgan fingerprint density at radius 3 is 2.52 bits per heavy atom. The molecule has 0 saturated heterocycles. The number of rotatable bonds is 4. The number of ether oxygens (including phenoxy) is 2. The smallest absolute Gasteiger partial charge is 0.429 e. The average Bonchev–Trinajstić information content (AvgIpc) is 3.03. The number of carbonyl (C=O) groups excluding carboxylic acids is 2. The van der Waals surface area contributed by atoms with Crippen LogP contribution in [0.25, 0.3) is 0 Å². The monoisotopic (exact) mass is 318 g/mol. The van der Waals surface area contributed by atoms with Crippen molar-refractivity contribution in [2.24, 2.45) is 0 Å². The zero-order valence-electron chi connectivity index (χ0n) is 13.4. The Hall–Kier alpha value is -2.50. The fourth-order valence-corrected chi connectivity index (χ4v) is 2.63. The third-order valence-electron chi connectivity index (χ3n) is 3.60. The molecule has 0 spiro atoms. The zero-order valence-corrected chi connectivity index (χ0v) is 13.4. The van der Waals surface area contributed by atoms with Crippen LogP contribution in [0, 0.1) is 0 Å². The SMILES string of the molecule is CCOC(=O)NN(C(=O)OCC)[C@@H]1CC=C[C@H]1c1ccccc1. The average molecular weight is 318 g/mol. The van der Waals surface area contributed by atoms with E-state index < -0.39 is 12.2 Å². The van der Waals surface area contributed by atoms with E-state index in [2.05, 4.69) is 5.43 Å². The molecule has 0 radical (unpaired) electrons. The molecule has 124 valence electrons. The van der Waals surface area contributed by atoms with E-state index >= 15 is 0 Å². The minimum atomic E-state index is -0.667. The number of nitrogens with one attached hydrogen (secondary N) is 1. The van der Waals surface area contributed by atoms with Crippen LogP contribution >= 0.6 is 0 Å². The first-order valence-corrected chi connectivity index (χ1v) is 7.78. The molecule has 6 nitrogen and oxygen atoms in total. The summed E-state index contributed by atoms with van der Waals surface area (Å²) in [5, 5.41) is 1.24. The molecule has 1 aliphatic rings.